The van der Waals surface area contributed by atoms with Crippen LogP contribution < -0.4 is 5.73 Å². The molecule has 0 saturated heterocycles. The highest BCUT2D eigenvalue weighted by atomic mass is 31.2. The lowest BCUT2D eigenvalue weighted by atomic mass is 10.1. The number of ether oxygens (including phenoxy) is 2. The Morgan fingerprint density at radius 2 is 1.07 bits per heavy atom. The van der Waals surface area contributed by atoms with Crippen molar-refractivity contribution in [1.29, 1.82) is 0 Å². The lowest BCUT2D eigenvalue weighted by molar-refractivity contribution is -0.157. The zero-order valence-electron chi connectivity index (χ0n) is 34.4. The van der Waals surface area contributed by atoms with Gasteiger partial charge in [-0.3, -0.25) is 13.8 Å². The van der Waals surface area contributed by atoms with Crippen molar-refractivity contribution in [3.05, 3.63) is 85.1 Å². The fraction of sp³-hybridized carbons (Fsp3) is 0.644. The van der Waals surface area contributed by atoms with E-state index in [1.54, 1.807) is 12.2 Å². The van der Waals surface area contributed by atoms with Gasteiger partial charge in [-0.05, 0) is 57.8 Å². The first-order chi connectivity index (χ1) is 26.8. The van der Waals surface area contributed by atoms with E-state index >= 15 is 0 Å². The minimum absolute atomic E-state index is 0.0273. The maximum Gasteiger partial charge on any atom is 0.472 e. The molecular weight excluding hydrogens is 713 g/mol. The molecule has 0 aliphatic carbocycles. The number of nitrogens with two attached hydrogens (primary N) is 1. The Hall–Kier alpha value is -2.81. The number of hydrogen-bond acceptors (Lipinski definition) is 8. The standard InChI is InChI=1S/C45H76NO8P/c1-3-5-7-9-11-13-15-17-19-20-21-22-24-25-27-29-31-33-35-37-44(47)51-41-43(42-53-55(49,50)52-40-39-46)54-45(48)38-36-34-32-30-28-26-23-18-16-14-12-10-8-6-4-2/h11,13,17,19,21-22,25,27,31-34,36,38,43H,3-10,12,14-16,18,20,23-24,26,28-30,35,37,39-42,46H2,1-2H3,(H,49,50)/b13-11+,19-17+,22-21+,27-25+,33-31+,34-32+,38-36+/t43-/m1/s1. The molecule has 1 unspecified atom stereocenters. The molecular formula is C45H76NO8P. The molecule has 0 rings (SSSR count). The van der Waals surface area contributed by atoms with Gasteiger partial charge in [0.15, 0.2) is 6.10 Å². The summed E-state index contributed by atoms with van der Waals surface area (Å²) in [6.45, 7) is 3.47. The Balaban J connectivity index is 4.41. The monoisotopic (exact) mass is 790 g/mol. The first-order valence-electron chi connectivity index (χ1n) is 21.1. The minimum Gasteiger partial charge on any atom is -0.462 e. The van der Waals surface area contributed by atoms with E-state index in [1.165, 1.54) is 96.0 Å². The molecule has 0 radical (unpaired) electrons. The Morgan fingerprint density at radius 3 is 1.64 bits per heavy atom. The lowest BCUT2D eigenvalue weighted by Gasteiger charge is -2.19. The highest BCUT2D eigenvalue weighted by Crippen LogP contribution is 2.43. The van der Waals surface area contributed by atoms with Gasteiger partial charge in [-0.15, -0.1) is 0 Å². The van der Waals surface area contributed by atoms with Crippen LogP contribution in [-0.2, 0) is 32.7 Å². The van der Waals surface area contributed by atoms with Gasteiger partial charge in [-0.2, -0.15) is 0 Å². The van der Waals surface area contributed by atoms with Gasteiger partial charge < -0.3 is 20.1 Å². The maximum atomic E-state index is 12.4. The van der Waals surface area contributed by atoms with Gasteiger partial charge in [-0.25, -0.2) is 9.36 Å². The van der Waals surface area contributed by atoms with Crippen LogP contribution in [0.1, 0.15) is 155 Å². The van der Waals surface area contributed by atoms with Crippen LogP contribution in [0.3, 0.4) is 0 Å². The molecule has 0 aromatic rings. The molecule has 9 nitrogen and oxygen atoms in total. The van der Waals surface area contributed by atoms with E-state index in [0.29, 0.717) is 6.42 Å². The van der Waals surface area contributed by atoms with Gasteiger partial charge in [0, 0.05) is 19.0 Å². The van der Waals surface area contributed by atoms with Crippen LogP contribution in [0, 0.1) is 0 Å². The van der Waals surface area contributed by atoms with E-state index in [1.807, 2.05) is 18.2 Å². The van der Waals surface area contributed by atoms with Crippen LogP contribution in [0.5, 0.6) is 0 Å². The normalized spacial score (nSPS) is 14.2. The lowest BCUT2D eigenvalue weighted by Crippen LogP contribution is -2.29. The largest absolute Gasteiger partial charge is 0.472 e. The molecule has 10 heteroatoms. The summed E-state index contributed by atoms with van der Waals surface area (Å²) < 4.78 is 32.4. The fourth-order valence-electron chi connectivity index (χ4n) is 5.23. The summed E-state index contributed by atoms with van der Waals surface area (Å²) in [4.78, 5) is 34.7. The molecule has 0 fully saturated rings. The van der Waals surface area contributed by atoms with Gasteiger partial charge in [-0.1, -0.05) is 170 Å². The van der Waals surface area contributed by atoms with Gasteiger partial charge in [0.2, 0.25) is 0 Å². The van der Waals surface area contributed by atoms with Gasteiger partial charge in [0.05, 0.1) is 13.2 Å². The second kappa shape index (κ2) is 40.8. The van der Waals surface area contributed by atoms with Crippen molar-refractivity contribution in [2.24, 2.45) is 5.73 Å². The molecule has 0 spiro atoms. The first kappa shape index (κ1) is 52.2. The predicted octanol–water partition coefficient (Wildman–Crippen LogP) is 12.0. The molecule has 3 N–H and O–H groups in total. The SMILES string of the molecule is CCCCC/C=C/C/C=C/C/C=C/C/C=C/C/C=C/CCC(=O)OC[C@H](COP(=O)(O)OCCN)OC(=O)/C=C/C=C/CCCCCCCCCCCCC. The van der Waals surface area contributed by atoms with Gasteiger partial charge >= 0.3 is 19.8 Å². The number of allylic oxidation sites excluding steroid dienone is 13. The first-order valence-corrected chi connectivity index (χ1v) is 22.6. The highest BCUT2D eigenvalue weighted by Gasteiger charge is 2.25. The van der Waals surface area contributed by atoms with Crippen molar-refractivity contribution >= 4 is 19.8 Å². The summed E-state index contributed by atoms with van der Waals surface area (Å²) in [6.07, 6.45) is 51.2. The Kier molecular flexibility index (Phi) is 38.8. The number of phosphoric ester groups is 1. The van der Waals surface area contributed by atoms with Gasteiger partial charge in [0.25, 0.3) is 0 Å². The van der Waals surface area contributed by atoms with E-state index in [2.05, 4.69) is 62.5 Å². The Bertz CT molecular complexity index is 1170. The summed E-state index contributed by atoms with van der Waals surface area (Å²) in [6, 6.07) is 0. The minimum atomic E-state index is -4.42. The maximum absolute atomic E-state index is 12.4. The van der Waals surface area contributed by atoms with Crippen LogP contribution in [0.25, 0.3) is 0 Å². The molecule has 55 heavy (non-hydrogen) atoms. The van der Waals surface area contributed by atoms with Crippen molar-refractivity contribution < 1.29 is 37.6 Å². The summed E-state index contributed by atoms with van der Waals surface area (Å²) in [7, 11) is -4.42. The molecule has 0 aliphatic rings. The summed E-state index contributed by atoms with van der Waals surface area (Å²) in [5.74, 6) is -1.18. The quantitative estimate of drug-likeness (QED) is 0.0156. The summed E-state index contributed by atoms with van der Waals surface area (Å²) in [5.41, 5.74) is 5.33. The van der Waals surface area contributed by atoms with E-state index in [4.69, 9.17) is 24.3 Å². The van der Waals surface area contributed by atoms with Crippen molar-refractivity contribution in [2.75, 3.05) is 26.4 Å². The average molecular weight is 790 g/mol. The molecule has 2 atom stereocenters. The van der Waals surface area contributed by atoms with E-state index in [9.17, 15) is 19.0 Å². The second-order valence-corrected chi connectivity index (χ2v) is 15.0. The number of rotatable bonds is 38. The number of esters is 2. The van der Waals surface area contributed by atoms with E-state index in [-0.39, 0.29) is 26.2 Å². The third-order valence-corrected chi connectivity index (χ3v) is 9.36. The average Bonchev–Trinajstić information content (AvgIpc) is 3.17. The van der Waals surface area contributed by atoms with Crippen LogP contribution in [0.2, 0.25) is 0 Å². The predicted molar refractivity (Wildman–Crippen MR) is 229 cm³/mol. The Labute approximate surface area is 334 Å². The number of phosphoric acid groups is 1. The topological polar surface area (TPSA) is 134 Å². The Morgan fingerprint density at radius 1 is 0.600 bits per heavy atom. The fourth-order valence-corrected chi connectivity index (χ4v) is 5.99. The van der Waals surface area contributed by atoms with Crippen LogP contribution in [-0.4, -0.2) is 49.3 Å². The molecule has 0 aromatic heterocycles. The molecule has 0 saturated carbocycles. The second-order valence-electron chi connectivity index (χ2n) is 13.6. The summed E-state index contributed by atoms with van der Waals surface area (Å²) in [5, 5.41) is 0. The number of carbonyl (C=O) groups excluding carboxylic acids is 2. The van der Waals surface area contributed by atoms with Crippen molar-refractivity contribution in [3.63, 3.8) is 0 Å². The third kappa shape index (κ3) is 40.7. The molecule has 0 bridgehead atoms. The van der Waals surface area contributed by atoms with Crippen molar-refractivity contribution in [3.8, 4) is 0 Å². The smallest absolute Gasteiger partial charge is 0.462 e. The van der Waals surface area contributed by atoms with E-state index in [0.717, 1.165) is 38.5 Å². The molecule has 314 valence electrons. The van der Waals surface area contributed by atoms with Crippen LogP contribution in [0.4, 0.5) is 0 Å². The van der Waals surface area contributed by atoms with E-state index < -0.39 is 32.5 Å². The number of carbonyl (C=O) groups is 2. The van der Waals surface area contributed by atoms with Crippen LogP contribution >= 0.6 is 7.82 Å². The molecule has 0 aliphatic heterocycles. The van der Waals surface area contributed by atoms with Crippen molar-refractivity contribution in [1.82, 2.24) is 0 Å². The zero-order chi connectivity index (χ0) is 40.3. The number of unbranched alkanes of at least 4 members (excludes halogenated alkanes) is 14. The molecule has 0 amide bonds. The zero-order valence-corrected chi connectivity index (χ0v) is 35.3. The molecule has 0 aromatic carbocycles. The highest BCUT2D eigenvalue weighted by molar-refractivity contribution is 7.47. The van der Waals surface area contributed by atoms with Crippen LogP contribution in [0.15, 0.2) is 85.1 Å². The number of hydrogen-bond donors (Lipinski definition) is 2. The van der Waals surface area contributed by atoms with Gasteiger partial charge in [0.1, 0.15) is 6.61 Å². The molecule has 0 heterocycles. The third-order valence-electron chi connectivity index (χ3n) is 8.37. The van der Waals surface area contributed by atoms with Crippen molar-refractivity contribution in [2.45, 2.75) is 161 Å². The summed E-state index contributed by atoms with van der Waals surface area (Å²) >= 11 is 0.